The Labute approximate surface area is 141 Å². The normalized spacial score (nSPS) is 29.7. The topological polar surface area (TPSA) is 72.5 Å². The number of aryl methyl sites for hydroxylation is 1. The van der Waals surface area contributed by atoms with Crippen LogP contribution >= 0.6 is 11.3 Å². The summed E-state index contributed by atoms with van der Waals surface area (Å²) in [7, 11) is 0. The van der Waals surface area contributed by atoms with Crippen LogP contribution in [0.1, 0.15) is 37.1 Å². The molecule has 4 atom stereocenters. The fourth-order valence-electron chi connectivity index (χ4n) is 3.30. The Kier molecular flexibility index (Phi) is 4.62. The number of amides is 1. The molecular weight excluding hydrogens is 314 g/mol. The van der Waals surface area contributed by atoms with Crippen LogP contribution < -0.4 is 10.6 Å². The standard InChI is InChI=1S/C16H25N3O3S/c1-9-17-7-10(23-9)8-18-13-12(11-5-6-21-14(11)13)19-15(20)22-16(2,3)4/h7,11-14,18H,5-6,8H2,1-4H3,(H,19,20). The van der Waals surface area contributed by atoms with Crippen LogP contribution in [0.25, 0.3) is 0 Å². The number of carbonyl (C=O) groups is 1. The van der Waals surface area contributed by atoms with Crippen LogP contribution in [0.3, 0.4) is 0 Å². The Morgan fingerprint density at radius 1 is 1.48 bits per heavy atom. The second kappa shape index (κ2) is 6.37. The number of aromatic nitrogens is 1. The minimum atomic E-state index is -0.484. The van der Waals surface area contributed by atoms with E-state index in [4.69, 9.17) is 9.47 Å². The molecule has 1 aliphatic heterocycles. The summed E-state index contributed by atoms with van der Waals surface area (Å²) >= 11 is 1.69. The van der Waals surface area contributed by atoms with E-state index in [-0.39, 0.29) is 24.3 Å². The Morgan fingerprint density at radius 2 is 2.26 bits per heavy atom. The second-order valence-corrected chi connectivity index (χ2v) is 8.53. The van der Waals surface area contributed by atoms with Crippen LogP contribution in [-0.4, -0.2) is 41.5 Å². The first-order chi connectivity index (χ1) is 10.8. The third-order valence-corrected chi connectivity index (χ3v) is 5.16. The van der Waals surface area contributed by atoms with Crippen LogP contribution in [0.2, 0.25) is 0 Å². The van der Waals surface area contributed by atoms with Crippen LogP contribution in [-0.2, 0) is 16.0 Å². The lowest BCUT2D eigenvalue weighted by atomic mass is 9.71. The van der Waals surface area contributed by atoms with E-state index in [9.17, 15) is 4.79 Å². The molecule has 1 aliphatic carbocycles. The number of thiazole rings is 1. The van der Waals surface area contributed by atoms with E-state index < -0.39 is 5.60 Å². The molecule has 4 unspecified atom stereocenters. The van der Waals surface area contributed by atoms with Crippen LogP contribution in [0.5, 0.6) is 0 Å². The average molecular weight is 339 g/mol. The molecule has 2 fully saturated rings. The summed E-state index contributed by atoms with van der Waals surface area (Å²) in [6.45, 7) is 9.12. The largest absolute Gasteiger partial charge is 0.444 e. The van der Waals surface area contributed by atoms with Gasteiger partial charge in [0.1, 0.15) is 5.60 Å². The summed E-state index contributed by atoms with van der Waals surface area (Å²) < 4.78 is 11.2. The van der Waals surface area contributed by atoms with E-state index in [2.05, 4.69) is 15.6 Å². The second-order valence-electron chi connectivity index (χ2n) is 7.21. The molecule has 6 nitrogen and oxygen atoms in total. The molecule has 1 aromatic heterocycles. The Morgan fingerprint density at radius 3 is 2.91 bits per heavy atom. The van der Waals surface area contributed by atoms with Crippen LogP contribution in [0, 0.1) is 12.8 Å². The molecule has 23 heavy (non-hydrogen) atoms. The SMILES string of the molecule is Cc1ncc(CNC2C(NC(=O)OC(C)(C)C)C3CCOC32)s1. The first-order valence-corrected chi connectivity index (χ1v) is 8.91. The highest BCUT2D eigenvalue weighted by molar-refractivity contribution is 7.11. The molecule has 7 heteroatoms. The maximum atomic E-state index is 12.1. The van der Waals surface area contributed by atoms with Gasteiger partial charge in [0, 0.05) is 30.1 Å². The third kappa shape index (κ3) is 3.84. The summed E-state index contributed by atoms with van der Waals surface area (Å²) in [5, 5.41) is 7.60. The molecule has 0 spiro atoms. The van der Waals surface area contributed by atoms with E-state index >= 15 is 0 Å². The van der Waals surface area contributed by atoms with Crippen molar-refractivity contribution in [3.8, 4) is 0 Å². The van der Waals surface area contributed by atoms with Crippen molar-refractivity contribution < 1.29 is 14.3 Å². The van der Waals surface area contributed by atoms with Crippen molar-refractivity contribution in [1.29, 1.82) is 0 Å². The number of ether oxygens (including phenoxy) is 2. The Hall–Kier alpha value is -1.18. The van der Waals surface area contributed by atoms with E-state index in [0.29, 0.717) is 5.92 Å². The molecule has 1 aromatic rings. The van der Waals surface area contributed by atoms with Crippen LogP contribution in [0.4, 0.5) is 4.79 Å². The number of alkyl carbamates (subject to hydrolysis) is 1. The molecule has 1 saturated carbocycles. The number of nitrogens with one attached hydrogen (secondary N) is 2. The first kappa shape index (κ1) is 16.7. The monoisotopic (exact) mass is 339 g/mol. The van der Waals surface area contributed by atoms with Gasteiger partial charge in [0.15, 0.2) is 0 Å². The highest BCUT2D eigenvalue weighted by atomic mass is 32.1. The minimum absolute atomic E-state index is 0.0615. The molecular formula is C16H25N3O3S. The lowest BCUT2D eigenvalue weighted by molar-refractivity contribution is -0.0343. The molecule has 0 aromatic carbocycles. The first-order valence-electron chi connectivity index (χ1n) is 8.09. The summed E-state index contributed by atoms with van der Waals surface area (Å²) in [5.74, 6) is 0.378. The van der Waals surface area contributed by atoms with Crippen molar-refractivity contribution in [2.75, 3.05) is 6.61 Å². The molecule has 1 amide bonds. The average Bonchev–Trinajstić information content (AvgIpc) is 3.02. The van der Waals surface area contributed by atoms with Crippen molar-refractivity contribution >= 4 is 17.4 Å². The van der Waals surface area contributed by atoms with Crippen molar-refractivity contribution in [2.24, 2.45) is 5.92 Å². The van der Waals surface area contributed by atoms with Crippen molar-refractivity contribution in [3.63, 3.8) is 0 Å². The Balaban J connectivity index is 1.57. The van der Waals surface area contributed by atoms with Gasteiger partial charge in [-0.2, -0.15) is 0 Å². The van der Waals surface area contributed by atoms with E-state index in [1.807, 2.05) is 33.9 Å². The summed E-state index contributed by atoms with van der Waals surface area (Å²) in [5.41, 5.74) is -0.484. The quantitative estimate of drug-likeness (QED) is 0.880. The molecule has 2 N–H and O–H groups in total. The molecule has 128 valence electrons. The zero-order valence-corrected chi connectivity index (χ0v) is 14.9. The van der Waals surface area contributed by atoms with Gasteiger partial charge >= 0.3 is 6.09 Å². The summed E-state index contributed by atoms with van der Waals surface area (Å²) in [4.78, 5) is 17.5. The van der Waals surface area contributed by atoms with Gasteiger partial charge in [0.25, 0.3) is 0 Å². The van der Waals surface area contributed by atoms with Gasteiger partial charge in [-0.05, 0) is 34.1 Å². The van der Waals surface area contributed by atoms with Gasteiger partial charge in [0.2, 0.25) is 0 Å². The molecule has 1 saturated heterocycles. The van der Waals surface area contributed by atoms with Gasteiger partial charge < -0.3 is 20.1 Å². The van der Waals surface area contributed by atoms with Crippen molar-refractivity contribution in [2.45, 2.75) is 64.4 Å². The molecule has 0 radical (unpaired) electrons. The lowest BCUT2D eigenvalue weighted by Gasteiger charge is -2.48. The van der Waals surface area contributed by atoms with Crippen molar-refractivity contribution in [1.82, 2.24) is 15.6 Å². The molecule has 2 heterocycles. The number of hydrogen-bond acceptors (Lipinski definition) is 6. The number of rotatable bonds is 4. The van der Waals surface area contributed by atoms with Gasteiger partial charge in [0.05, 0.1) is 23.2 Å². The number of fused-ring (bicyclic) bond motifs is 1. The smallest absolute Gasteiger partial charge is 0.407 e. The predicted molar refractivity (Wildman–Crippen MR) is 88.5 cm³/mol. The van der Waals surface area contributed by atoms with Gasteiger partial charge in [-0.15, -0.1) is 11.3 Å². The number of nitrogens with zero attached hydrogens (tertiary/aromatic N) is 1. The summed E-state index contributed by atoms with van der Waals surface area (Å²) in [6, 6.07) is 0.184. The Bertz CT molecular complexity index is 569. The molecule has 0 bridgehead atoms. The third-order valence-electron chi connectivity index (χ3n) is 4.25. The zero-order chi connectivity index (χ0) is 16.6. The van der Waals surface area contributed by atoms with Crippen LogP contribution in [0.15, 0.2) is 6.20 Å². The highest BCUT2D eigenvalue weighted by Crippen LogP contribution is 2.39. The maximum Gasteiger partial charge on any atom is 0.407 e. The van der Waals surface area contributed by atoms with Crippen molar-refractivity contribution in [3.05, 3.63) is 16.1 Å². The van der Waals surface area contributed by atoms with Gasteiger partial charge in [-0.25, -0.2) is 9.78 Å². The highest BCUT2D eigenvalue weighted by Gasteiger charge is 2.54. The number of hydrogen-bond donors (Lipinski definition) is 2. The van der Waals surface area contributed by atoms with E-state index in [1.54, 1.807) is 11.3 Å². The van der Waals surface area contributed by atoms with E-state index in [0.717, 1.165) is 24.6 Å². The fourth-order valence-corrected chi connectivity index (χ4v) is 4.04. The minimum Gasteiger partial charge on any atom is -0.444 e. The molecule has 2 aliphatic rings. The predicted octanol–water partition coefficient (Wildman–Crippen LogP) is 2.22. The van der Waals surface area contributed by atoms with E-state index in [1.165, 1.54) is 4.88 Å². The fraction of sp³-hybridized carbons (Fsp3) is 0.750. The van der Waals surface area contributed by atoms with Gasteiger partial charge in [-0.3, -0.25) is 0 Å². The van der Waals surface area contributed by atoms with Gasteiger partial charge in [-0.1, -0.05) is 0 Å². The number of carbonyl (C=O) groups excluding carboxylic acids is 1. The molecule has 3 rings (SSSR count). The maximum absolute atomic E-state index is 12.1. The lowest BCUT2D eigenvalue weighted by Crippen LogP contribution is -2.70. The zero-order valence-electron chi connectivity index (χ0n) is 14.1. The summed E-state index contributed by atoms with van der Waals surface area (Å²) in [6.07, 6.45) is 2.72.